The van der Waals surface area contributed by atoms with Crippen molar-refractivity contribution in [3.8, 4) is 0 Å². The average Bonchev–Trinajstić information content (AvgIpc) is 2.44. The first-order valence-corrected chi connectivity index (χ1v) is 8.68. The fourth-order valence-corrected chi connectivity index (χ4v) is 5.01. The summed E-state index contributed by atoms with van der Waals surface area (Å²) in [7, 11) is 1.38. The number of fused-ring (bicyclic) bond motifs is 1. The van der Waals surface area contributed by atoms with Crippen LogP contribution in [0.2, 0.25) is 0 Å². The zero-order chi connectivity index (χ0) is 15.9. The molecule has 2 amide bonds. The quantitative estimate of drug-likeness (QED) is 0.486. The summed E-state index contributed by atoms with van der Waals surface area (Å²) in [4.78, 5) is 30.0. The summed E-state index contributed by atoms with van der Waals surface area (Å²) in [6, 6.07) is -0.460. The van der Waals surface area contributed by atoms with Crippen molar-refractivity contribution in [2.24, 2.45) is 10.9 Å². The van der Waals surface area contributed by atoms with Crippen LogP contribution in [0, 0.1) is 5.92 Å². The maximum atomic E-state index is 12.4. The van der Waals surface area contributed by atoms with Crippen LogP contribution in [0.15, 0.2) is 16.3 Å². The molecule has 1 fully saturated rings. The predicted octanol–water partition coefficient (Wildman–Crippen LogP) is 1.37. The lowest BCUT2D eigenvalue weighted by Gasteiger charge is -2.52. The maximum Gasteiger partial charge on any atom is 0.265 e. The highest BCUT2D eigenvalue weighted by atomic mass is 32.2. The summed E-state index contributed by atoms with van der Waals surface area (Å²) >= 11 is 0. The normalized spacial score (nSPS) is 29.4. The van der Waals surface area contributed by atoms with Gasteiger partial charge in [0.1, 0.15) is 11.4 Å². The van der Waals surface area contributed by atoms with Crippen molar-refractivity contribution in [3.05, 3.63) is 11.3 Å². The number of amides is 2. The molecule has 0 aliphatic carbocycles. The van der Waals surface area contributed by atoms with Crippen LogP contribution >= 0.6 is 10.5 Å². The molecule has 2 aliphatic rings. The van der Waals surface area contributed by atoms with Crippen molar-refractivity contribution >= 4 is 33.9 Å². The van der Waals surface area contributed by atoms with Gasteiger partial charge in [0, 0.05) is 18.5 Å². The van der Waals surface area contributed by atoms with E-state index < -0.39 is 6.04 Å². The molecule has 0 aromatic carbocycles. The van der Waals surface area contributed by atoms with Crippen LogP contribution in [0.25, 0.3) is 0 Å². The predicted molar refractivity (Wildman–Crippen MR) is 88.7 cm³/mol. The van der Waals surface area contributed by atoms with Gasteiger partial charge < -0.3 is 5.32 Å². The molecule has 0 aromatic rings. The van der Waals surface area contributed by atoms with Crippen LogP contribution in [0.1, 0.15) is 27.7 Å². The van der Waals surface area contributed by atoms with E-state index in [4.69, 9.17) is 0 Å². The van der Waals surface area contributed by atoms with Crippen molar-refractivity contribution in [1.29, 1.82) is 0 Å². The second-order valence-corrected chi connectivity index (χ2v) is 7.65. The van der Waals surface area contributed by atoms with E-state index in [2.05, 4.69) is 30.0 Å². The van der Waals surface area contributed by atoms with E-state index in [9.17, 15) is 9.59 Å². The number of carbonyl (C=O) groups excluding carboxylic acids is 2. The third-order valence-corrected chi connectivity index (χ3v) is 6.05. The number of aliphatic imine (C=N–C) groups is 1. The number of hydrogen-bond acceptors (Lipinski definition) is 3. The summed E-state index contributed by atoms with van der Waals surface area (Å²) in [5, 5.41) is 2.79. The van der Waals surface area contributed by atoms with Gasteiger partial charge >= 0.3 is 0 Å². The Bertz CT molecular complexity index is 577. The van der Waals surface area contributed by atoms with Crippen LogP contribution < -0.4 is 5.32 Å². The third kappa shape index (κ3) is 2.57. The first-order chi connectivity index (χ1) is 9.79. The minimum Gasteiger partial charge on any atom is -0.337 e. The molecule has 0 bridgehead atoms. The topological polar surface area (TPSA) is 61.8 Å². The molecule has 0 radical (unpaired) electrons. The second kappa shape index (κ2) is 5.75. The summed E-state index contributed by atoms with van der Waals surface area (Å²) in [5.41, 5.74) is 2.73. The van der Waals surface area contributed by atoms with Gasteiger partial charge in [0.15, 0.2) is 0 Å². The SMILES string of the molecule is C=S1CC(C(C)C)=C(C)N2C(=O)[C@@H](NC(=O)C(C)=NC)[C@H]21. The Labute approximate surface area is 128 Å². The van der Waals surface area contributed by atoms with Gasteiger partial charge in [-0.3, -0.25) is 19.5 Å². The lowest BCUT2D eigenvalue weighted by molar-refractivity contribution is -0.145. The van der Waals surface area contributed by atoms with Gasteiger partial charge in [-0.25, -0.2) is 0 Å². The van der Waals surface area contributed by atoms with Gasteiger partial charge in [-0.05, 0) is 25.3 Å². The standard InChI is InChI=1S/C15H23N3O2S/c1-8(2)11-7-21(6)15-12(14(20)18(15)10(11)4)17-13(19)9(3)16-5/h8,12,15H,6-7H2,1-5H3,(H,17,19)/t12-,15-,21?/m1/s1. The van der Waals surface area contributed by atoms with E-state index in [1.807, 2.05) is 11.8 Å². The Morgan fingerprint density at radius 1 is 1.52 bits per heavy atom. The third-order valence-electron chi connectivity index (χ3n) is 4.20. The fraction of sp³-hybridized carbons (Fsp3) is 0.600. The van der Waals surface area contributed by atoms with Crippen molar-refractivity contribution < 1.29 is 9.59 Å². The van der Waals surface area contributed by atoms with Crippen LogP contribution in [0.3, 0.4) is 0 Å². The van der Waals surface area contributed by atoms with Crippen molar-refractivity contribution in [1.82, 2.24) is 10.2 Å². The highest BCUT2D eigenvalue weighted by Gasteiger charge is 2.52. The zero-order valence-electron chi connectivity index (χ0n) is 13.3. The van der Waals surface area contributed by atoms with E-state index >= 15 is 0 Å². The summed E-state index contributed by atoms with van der Waals surface area (Å²) in [6.07, 6.45) is 0. The van der Waals surface area contributed by atoms with E-state index in [0.29, 0.717) is 11.6 Å². The van der Waals surface area contributed by atoms with Crippen molar-refractivity contribution in [2.45, 2.75) is 39.1 Å². The van der Waals surface area contributed by atoms with E-state index in [-0.39, 0.29) is 27.7 Å². The Hall–Kier alpha value is -1.43. The van der Waals surface area contributed by atoms with Gasteiger partial charge in [0.25, 0.3) is 11.8 Å². The molecule has 0 aromatic heterocycles. The lowest BCUT2D eigenvalue weighted by Crippen LogP contribution is -2.70. The number of allylic oxidation sites excluding steroid dienone is 1. The molecule has 2 rings (SSSR count). The Balaban J connectivity index is 2.22. The Kier molecular flexibility index (Phi) is 4.37. The highest BCUT2D eigenvalue weighted by molar-refractivity contribution is 8.15. The molecule has 2 aliphatic heterocycles. The molecule has 116 valence electrons. The van der Waals surface area contributed by atoms with Gasteiger partial charge in [0.05, 0.1) is 5.71 Å². The number of nitrogens with one attached hydrogen (secondary N) is 1. The lowest BCUT2D eigenvalue weighted by atomic mass is 9.98. The maximum absolute atomic E-state index is 12.4. The molecule has 3 atom stereocenters. The number of rotatable bonds is 3. The van der Waals surface area contributed by atoms with E-state index in [1.54, 1.807) is 14.0 Å². The van der Waals surface area contributed by atoms with Gasteiger partial charge in [-0.1, -0.05) is 19.7 Å². The zero-order valence-corrected chi connectivity index (χ0v) is 14.1. The molecule has 1 N–H and O–H groups in total. The fourth-order valence-electron chi connectivity index (χ4n) is 2.77. The molecular weight excluding hydrogens is 286 g/mol. The van der Waals surface area contributed by atoms with Crippen molar-refractivity contribution in [2.75, 3.05) is 12.8 Å². The molecule has 0 spiro atoms. The minimum absolute atomic E-state index is 0.00592. The van der Waals surface area contributed by atoms with E-state index in [0.717, 1.165) is 11.4 Å². The first-order valence-electron chi connectivity index (χ1n) is 7.06. The monoisotopic (exact) mass is 309 g/mol. The Morgan fingerprint density at radius 2 is 2.14 bits per heavy atom. The smallest absolute Gasteiger partial charge is 0.265 e. The number of nitrogens with zero attached hydrogens (tertiary/aromatic N) is 2. The molecule has 2 heterocycles. The average molecular weight is 309 g/mol. The molecule has 1 saturated heterocycles. The summed E-state index contributed by atoms with van der Waals surface area (Å²) < 4.78 is 0. The van der Waals surface area contributed by atoms with Crippen LogP contribution in [0.5, 0.6) is 0 Å². The van der Waals surface area contributed by atoms with Crippen molar-refractivity contribution in [3.63, 3.8) is 0 Å². The molecule has 5 nitrogen and oxygen atoms in total. The molecule has 1 unspecified atom stereocenters. The summed E-state index contributed by atoms with van der Waals surface area (Å²) in [5.74, 6) is 5.24. The molecule has 0 saturated carbocycles. The highest BCUT2D eigenvalue weighted by Crippen LogP contribution is 2.44. The summed E-state index contributed by atoms with van der Waals surface area (Å²) in [6.45, 7) is 7.92. The van der Waals surface area contributed by atoms with Gasteiger partial charge in [-0.15, -0.1) is 0 Å². The second-order valence-electron chi connectivity index (χ2n) is 5.81. The first kappa shape index (κ1) is 15.9. The van der Waals surface area contributed by atoms with Crippen LogP contribution in [-0.2, 0) is 9.59 Å². The number of hydrogen-bond donors (Lipinski definition) is 1. The van der Waals surface area contributed by atoms with Gasteiger partial charge in [-0.2, -0.15) is 10.5 Å². The number of β-lactam (4-membered cyclic amide) rings is 1. The van der Waals surface area contributed by atoms with Gasteiger partial charge in [0.2, 0.25) is 0 Å². The van der Waals surface area contributed by atoms with E-state index in [1.165, 1.54) is 5.57 Å². The molecular formula is C15H23N3O2S. The van der Waals surface area contributed by atoms with Crippen LogP contribution in [-0.4, -0.2) is 52.5 Å². The molecule has 6 heteroatoms. The largest absolute Gasteiger partial charge is 0.337 e. The number of carbonyl (C=O) groups is 2. The Morgan fingerprint density at radius 3 is 2.67 bits per heavy atom. The van der Waals surface area contributed by atoms with Crippen LogP contribution in [0.4, 0.5) is 0 Å². The molecule has 21 heavy (non-hydrogen) atoms. The minimum atomic E-state index is -0.460.